The number of carbonyl (C=O) groups is 3. The van der Waals surface area contributed by atoms with Crippen molar-refractivity contribution < 1.29 is 23.9 Å². The Morgan fingerprint density at radius 2 is 0.759 bits per heavy atom. The van der Waals surface area contributed by atoms with Crippen LogP contribution in [0.1, 0.15) is 233 Å². The van der Waals surface area contributed by atoms with Crippen LogP contribution in [0.3, 0.4) is 0 Å². The minimum Gasteiger partial charge on any atom is -0.466 e. The van der Waals surface area contributed by atoms with Crippen molar-refractivity contribution >= 4 is 17.8 Å². The van der Waals surface area contributed by atoms with Crippen molar-refractivity contribution in [3.63, 3.8) is 0 Å². The van der Waals surface area contributed by atoms with E-state index in [1.807, 2.05) is 19.0 Å². The number of nitrogens with one attached hydrogen (secondary N) is 1. The number of hydrogen-bond acceptors (Lipinski definition) is 6. The summed E-state index contributed by atoms with van der Waals surface area (Å²) in [6, 6.07) is 0.247. The summed E-state index contributed by atoms with van der Waals surface area (Å²) in [6.07, 6.45) is 36.2. The largest absolute Gasteiger partial charge is 0.466 e. The molecule has 7 nitrogen and oxygen atoms in total. The molecule has 320 valence electrons. The van der Waals surface area contributed by atoms with E-state index >= 15 is 0 Å². The molecule has 0 radical (unpaired) electrons. The molecule has 0 atom stereocenters. The first-order chi connectivity index (χ1) is 26.2. The summed E-state index contributed by atoms with van der Waals surface area (Å²) in [5, 5.41) is 3.31. The Hall–Kier alpha value is -1.63. The molecule has 0 bridgehead atoms. The molecule has 0 rings (SSSR count). The maximum atomic E-state index is 12.6. The van der Waals surface area contributed by atoms with Gasteiger partial charge in [0.2, 0.25) is 5.91 Å². The van der Waals surface area contributed by atoms with Crippen molar-refractivity contribution in [2.24, 2.45) is 11.8 Å². The van der Waals surface area contributed by atoms with Crippen LogP contribution in [0.5, 0.6) is 0 Å². The lowest BCUT2D eigenvalue weighted by Crippen LogP contribution is -2.40. The fourth-order valence-corrected chi connectivity index (χ4v) is 7.64. The van der Waals surface area contributed by atoms with Gasteiger partial charge in [-0.1, -0.05) is 169 Å². The van der Waals surface area contributed by atoms with Crippen molar-refractivity contribution in [2.75, 3.05) is 33.9 Å². The van der Waals surface area contributed by atoms with Crippen molar-refractivity contribution in [3.8, 4) is 0 Å². The second-order valence-corrected chi connectivity index (χ2v) is 16.9. The molecule has 0 unspecified atom stereocenters. The second-order valence-electron chi connectivity index (χ2n) is 16.9. The van der Waals surface area contributed by atoms with E-state index in [1.165, 1.54) is 116 Å². The fraction of sp³-hybridized carbons (Fsp3) is 0.936. The Kier molecular flexibility index (Phi) is 38.4. The number of rotatable bonds is 41. The lowest BCUT2D eigenvalue weighted by atomic mass is 9.92. The molecular weight excluding hydrogens is 673 g/mol. The molecule has 7 heteroatoms. The Morgan fingerprint density at radius 1 is 0.444 bits per heavy atom. The summed E-state index contributed by atoms with van der Waals surface area (Å²) < 4.78 is 11.3. The van der Waals surface area contributed by atoms with E-state index in [4.69, 9.17) is 9.47 Å². The molecule has 1 N–H and O–H groups in total. The quantitative estimate of drug-likeness (QED) is 0.0493. The number of esters is 2. The summed E-state index contributed by atoms with van der Waals surface area (Å²) in [4.78, 5) is 39.5. The topological polar surface area (TPSA) is 84.9 Å². The summed E-state index contributed by atoms with van der Waals surface area (Å²) in [5.74, 6) is 1.11. The molecule has 54 heavy (non-hydrogen) atoms. The minimum atomic E-state index is 0.00252. The van der Waals surface area contributed by atoms with Gasteiger partial charge in [-0.25, -0.2) is 0 Å². The number of nitrogens with zero attached hydrogens (tertiary/aromatic N) is 1. The number of carbonyl (C=O) groups excluding carboxylic acids is 3. The number of likely N-dealkylation sites (N-methyl/N-ethyl adjacent to an activating group) is 1. The zero-order valence-electron chi connectivity index (χ0n) is 37.0. The second kappa shape index (κ2) is 39.6. The molecule has 0 aliphatic rings. The first-order valence-corrected chi connectivity index (χ1v) is 23.5. The van der Waals surface area contributed by atoms with E-state index in [-0.39, 0.29) is 23.9 Å². The van der Waals surface area contributed by atoms with Gasteiger partial charge in [0.1, 0.15) is 0 Å². The predicted molar refractivity (Wildman–Crippen MR) is 230 cm³/mol. The third-order valence-electron chi connectivity index (χ3n) is 11.0. The highest BCUT2D eigenvalue weighted by atomic mass is 16.5. The number of amides is 1. The molecule has 1 amide bonds. The third-order valence-corrected chi connectivity index (χ3v) is 11.0. The van der Waals surface area contributed by atoms with Gasteiger partial charge < -0.3 is 19.7 Å². The molecule has 0 aliphatic heterocycles. The number of unbranched alkanes of at least 4 members (excludes halogenated alkanes) is 18. The average molecular weight is 765 g/mol. The highest BCUT2D eigenvalue weighted by Gasteiger charge is 2.16. The Balaban J connectivity index is 4.20. The summed E-state index contributed by atoms with van der Waals surface area (Å²) in [7, 11) is 3.88. The maximum absolute atomic E-state index is 12.6. The van der Waals surface area contributed by atoms with E-state index in [0.717, 1.165) is 77.0 Å². The SMILES string of the molecule is CCCCCC(CCCCC)CC(=O)OCCCCCCCCC(CCCCCCCCOC(=O)CC(CCCCC)CCCCC)NC(=O)CN(C)C. The van der Waals surface area contributed by atoms with Gasteiger partial charge >= 0.3 is 11.9 Å². The van der Waals surface area contributed by atoms with Crippen molar-refractivity contribution in [2.45, 2.75) is 239 Å². The van der Waals surface area contributed by atoms with Crippen LogP contribution in [-0.4, -0.2) is 62.6 Å². The van der Waals surface area contributed by atoms with Crippen LogP contribution in [0.15, 0.2) is 0 Å². The Bertz CT molecular complexity index is 774. The van der Waals surface area contributed by atoms with Gasteiger partial charge in [0.05, 0.1) is 19.8 Å². The van der Waals surface area contributed by atoms with Crippen LogP contribution in [0.2, 0.25) is 0 Å². The maximum Gasteiger partial charge on any atom is 0.306 e. The van der Waals surface area contributed by atoms with Gasteiger partial charge in [0, 0.05) is 18.9 Å². The highest BCUT2D eigenvalue weighted by Crippen LogP contribution is 2.23. The van der Waals surface area contributed by atoms with Crippen molar-refractivity contribution in [3.05, 3.63) is 0 Å². The number of hydrogen-bond donors (Lipinski definition) is 1. The fourth-order valence-electron chi connectivity index (χ4n) is 7.64. The molecule has 0 saturated heterocycles. The van der Waals surface area contributed by atoms with Crippen LogP contribution in [0.25, 0.3) is 0 Å². The summed E-state index contributed by atoms with van der Waals surface area (Å²) in [6.45, 7) is 10.5. The van der Waals surface area contributed by atoms with Crippen molar-refractivity contribution in [1.82, 2.24) is 10.2 Å². The monoisotopic (exact) mass is 765 g/mol. The minimum absolute atomic E-state index is 0.00252. The first-order valence-electron chi connectivity index (χ1n) is 23.5. The van der Waals surface area contributed by atoms with Gasteiger partial charge in [-0.05, 0) is 77.3 Å². The zero-order valence-corrected chi connectivity index (χ0v) is 37.0. The Labute approximate surface area is 336 Å². The van der Waals surface area contributed by atoms with Crippen molar-refractivity contribution in [1.29, 1.82) is 0 Å². The summed E-state index contributed by atoms with van der Waals surface area (Å²) >= 11 is 0. The first kappa shape index (κ1) is 52.4. The lowest BCUT2D eigenvalue weighted by Gasteiger charge is -2.20. The zero-order chi connectivity index (χ0) is 39.9. The lowest BCUT2D eigenvalue weighted by molar-refractivity contribution is -0.146. The van der Waals surface area contributed by atoms with Crippen LogP contribution >= 0.6 is 0 Å². The molecule has 0 aromatic rings. The van der Waals surface area contributed by atoms with Gasteiger partial charge in [0.25, 0.3) is 0 Å². The van der Waals surface area contributed by atoms with E-state index in [2.05, 4.69) is 33.0 Å². The molecule has 0 spiro atoms. The van der Waals surface area contributed by atoms with E-state index in [0.29, 0.717) is 44.4 Å². The third kappa shape index (κ3) is 36.0. The predicted octanol–water partition coefficient (Wildman–Crippen LogP) is 12.9. The normalized spacial score (nSPS) is 11.7. The van der Waals surface area contributed by atoms with Gasteiger partial charge in [-0.15, -0.1) is 0 Å². The van der Waals surface area contributed by atoms with Gasteiger partial charge in [0.15, 0.2) is 0 Å². The van der Waals surface area contributed by atoms with Gasteiger partial charge in [-0.3, -0.25) is 14.4 Å². The van der Waals surface area contributed by atoms with Crippen LogP contribution < -0.4 is 5.32 Å². The molecular formula is C47H92N2O5. The highest BCUT2D eigenvalue weighted by molar-refractivity contribution is 5.78. The standard InChI is InChI=1S/C47H92N2O5/c1-7-11-23-31-42(32-24-12-8-2)39-46(51)53-37-29-21-17-15-19-27-35-44(48-45(50)41-49(5)6)36-28-20-16-18-22-30-38-54-47(52)40-43(33-25-13-9-3)34-26-14-10-4/h42-44H,7-41H2,1-6H3,(H,48,50). The molecule has 0 heterocycles. The smallest absolute Gasteiger partial charge is 0.306 e. The van der Waals surface area contributed by atoms with Crippen LogP contribution in [0, 0.1) is 11.8 Å². The molecule has 0 aromatic carbocycles. The van der Waals surface area contributed by atoms with Gasteiger partial charge in [-0.2, -0.15) is 0 Å². The van der Waals surface area contributed by atoms with E-state index in [9.17, 15) is 14.4 Å². The average Bonchev–Trinajstić information content (AvgIpc) is 3.13. The molecule has 0 fully saturated rings. The van der Waals surface area contributed by atoms with E-state index in [1.54, 1.807) is 0 Å². The van der Waals surface area contributed by atoms with Crippen LogP contribution in [0.4, 0.5) is 0 Å². The van der Waals surface area contributed by atoms with Crippen LogP contribution in [-0.2, 0) is 23.9 Å². The number of ether oxygens (including phenoxy) is 2. The molecule has 0 aliphatic carbocycles. The Morgan fingerprint density at radius 3 is 1.09 bits per heavy atom. The molecule has 0 saturated carbocycles. The van der Waals surface area contributed by atoms with E-state index < -0.39 is 0 Å². The molecule has 0 aromatic heterocycles. The summed E-state index contributed by atoms with van der Waals surface area (Å²) in [5.41, 5.74) is 0.